The second-order valence-electron chi connectivity index (χ2n) is 4.46. The molecule has 0 aromatic carbocycles. The average Bonchev–Trinajstić information content (AvgIpc) is 2.22. The Bertz CT molecular complexity index is 125. The molecule has 0 fully saturated rings. The van der Waals surface area contributed by atoms with Gasteiger partial charge < -0.3 is 10.2 Å². The van der Waals surface area contributed by atoms with Crippen molar-refractivity contribution in [2.24, 2.45) is 5.92 Å². The summed E-state index contributed by atoms with van der Waals surface area (Å²) in [5.74, 6) is 0.809. The molecule has 0 amide bonds. The second-order valence-corrected chi connectivity index (χ2v) is 4.46. The smallest absolute Gasteiger partial charge is 0.0107 e. The zero-order valence-electron chi connectivity index (χ0n) is 10.6. The van der Waals surface area contributed by atoms with Crippen LogP contribution in [0.25, 0.3) is 0 Å². The molecule has 2 atom stereocenters. The van der Waals surface area contributed by atoms with E-state index in [9.17, 15) is 0 Å². The lowest BCUT2D eigenvalue weighted by atomic mass is 10.1. The molecule has 0 aliphatic rings. The number of rotatable bonds is 8. The van der Waals surface area contributed by atoms with Gasteiger partial charge in [-0.2, -0.15) is 0 Å². The van der Waals surface area contributed by atoms with E-state index in [1.165, 1.54) is 12.8 Å². The van der Waals surface area contributed by atoms with Crippen LogP contribution in [-0.2, 0) is 0 Å². The Kier molecular flexibility index (Phi) is 8.20. The van der Waals surface area contributed by atoms with E-state index in [1.54, 1.807) is 0 Å². The van der Waals surface area contributed by atoms with E-state index < -0.39 is 0 Å². The normalized spacial score (nSPS) is 15.9. The lowest BCUT2D eigenvalue weighted by Crippen LogP contribution is -2.36. The van der Waals surface area contributed by atoms with Crippen molar-refractivity contribution in [3.8, 4) is 0 Å². The van der Waals surface area contributed by atoms with E-state index in [0.717, 1.165) is 25.6 Å². The maximum absolute atomic E-state index is 3.50. The minimum atomic E-state index is 0.709. The molecule has 86 valence electrons. The fraction of sp³-hybridized carbons (Fsp3) is 1.00. The molecule has 0 aliphatic heterocycles. The average molecular weight is 200 g/mol. The molecule has 2 nitrogen and oxygen atoms in total. The van der Waals surface area contributed by atoms with Gasteiger partial charge in [0.2, 0.25) is 0 Å². The van der Waals surface area contributed by atoms with Crippen molar-refractivity contribution in [1.82, 2.24) is 10.2 Å². The molecule has 0 aromatic heterocycles. The van der Waals surface area contributed by atoms with Crippen LogP contribution in [0.4, 0.5) is 0 Å². The predicted octanol–water partition coefficient (Wildman–Crippen LogP) is 2.35. The summed E-state index contributed by atoms with van der Waals surface area (Å²) in [5.41, 5.74) is 0. The number of nitrogens with one attached hydrogen (secondary N) is 1. The highest BCUT2D eigenvalue weighted by Crippen LogP contribution is 1.99. The molecule has 0 radical (unpaired) electrons. The molecule has 0 saturated heterocycles. The first-order chi connectivity index (χ1) is 6.61. The van der Waals surface area contributed by atoms with E-state index >= 15 is 0 Å². The monoisotopic (exact) mass is 200 g/mol. The van der Waals surface area contributed by atoms with Crippen molar-refractivity contribution >= 4 is 0 Å². The fourth-order valence-electron chi connectivity index (χ4n) is 1.28. The van der Waals surface area contributed by atoms with E-state index in [2.05, 4.69) is 45.0 Å². The quantitative estimate of drug-likeness (QED) is 0.605. The Labute approximate surface area is 90.1 Å². The summed E-state index contributed by atoms with van der Waals surface area (Å²) >= 11 is 0. The van der Waals surface area contributed by atoms with Gasteiger partial charge in [-0.3, -0.25) is 0 Å². The van der Waals surface area contributed by atoms with Crippen LogP contribution < -0.4 is 5.32 Å². The zero-order valence-corrected chi connectivity index (χ0v) is 10.6. The van der Waals surface area contributed by atoms with Gasteiger partial charge >= 0.3 is 0 Å². The number of hydrogen-bond donors (Lipinski definition) is 1. The third-order valence-electron chi connectivity index (χ3n) is 3.17. The molecule has 14 heavy (non-hydrogen) atoms. The molecule has 1 N–H and O–H groups in total. The zero-order chi connectivity index (χ0) is 11.0. The number of hydrogen-bond acceptors (Lipinski definition) is 2. The fourth-order valence-corrected chi connectivity index (χ4v) is 1.28. The molecule has 0 aromatic rings. The molecule has 0 aliphatic carbocycles. The maximum Gasteiger partial charge on any atom is 0.0107 e. The van der Waals surface area contributed by atoms with Crippen LogP contribution in [0, 0.1) is 5.92 Å². The van der Waals surface area contributed by atoms with Crippen molar-refractivity contribution in [2.75, 3.05) is 26.7 Å². The Morgan fingerprint density at radius 2 is 1.79 bits per heavy atom. The summed E-state index contributed by atoms with van der Waals surface area (Å²) in [6.07, 6.45) is 2.51. The van der Waals surface area contributed by atoms with Crippen LogP contribution in [-0.4, -0.2) is 37.6 Å². The minimum absolute atomic E-state index is 0.709. The van der Waals surface area contributed by atoms with Gasteiger partial charge in [-0.25, -0.2) is 0 Å². The summed E-state index contributed by atoms with van der Waals surface area (Å²) in [5, 5.41) is 3.50. The summed E-state index contributed by atoms with van der Waals surface area (Å²) in [6.45, 7) is 12.5. The van der Waals surface area contributed by atoms with Crippen LogP contribution in [0.5, 0.6) is 0 Å². The summed E-state index contributed by atoms with van der Waals surface area (Å²) in [4.78, 5) is 2.42. The molecule has 0 saturated carbocycles. The van der Waals surface area contributed by atoms with Crippen molar-refractivity contribution < 1.29 is 0 Å². The van der Waals surface area contributed by atoms with Gasteiger partial charge in [0.1, 0.15) is 0 Å². The highest BCUT2D eigenvalue weighted by Gasteiger charge is 2.05. The standard InChI is InChI=1S/C12H28N2/c1-6-11(3)10-13-8-9-14(5)12(4)7-2/h11-13H,6-10H2,1-5H3. The van der Waals surface area contributed by atoms with Gasteiger partial charge in [0, 0.05) is 19.1 Å². The van der Waals surface area contributed by atoms with Crippen molar-refractivity contribution in [3.63, 3.8) is 0 Å². The van der Waals surface area contributed by atoms with Crippen LogP contribution in [0.1, 0.15) is 40.5 Å². The van der Waals surface area contributed by atoms with Crippen LogP contribution in [0.15, 0.2) is 0 Å². The summed E-state index contributed by atoms with van der Waals surface area (Å²) < 4.78 is 0. The third-order valence-corrected chi connectivity index (χ3v) is 3.17. The Morgan fingerprint density at radius 3 is 2.29 bits per heavy atom. The molecule has 2 heteroatoms. The van der Waals surface area contributed by atoms with Gasteiger partial charge in [-0.15, -0.1) is 0 Å². The topological polar surface area (TPSA) is 15.3 Å². The van der Waals surface area contributed by atoms with Gasteiger partial charge in [-0.1, -0.05) is 27.2 Å². The molecule has 0 heterocycles. The Morgan fingerprint density at radius 1 is 1.14 bits per heavy atom. The third kappa shape index (κ3) is 6.39. The molecule has 0 bridgehead atoms. The van der Waals surface area contributed by atoms with E-state index in [4.69, 9.17) is 0 Å². The largest absolute Gasteiger partial charge is 0.315 e. The molecule has 2 unspecified atom stereocenters. The lowest BCUT2D eigenvalue weighted by molar-refractivity contribution is 0.250. The van der Waals surface area contributed by atoms with Crippen molar-refractivity contribution in [1.29, 1.82) is 0 Å². The van der Waals surface area contributed by atoms with E-state index in [0.29, 0.717) is 6.04 Å². The maximum atomic E-state index is 3.50. The SMILES string of the molecule is CCC(C)CNCCN(C)C(C)CC. The molecular weight excluding hydrogens is 172 g/mol. The predicted molar refractivity (Wildman–Crippen MR) is 64.7 cm³/mol. The highest BCUT2D eigenvalue weighted by atomic mass is 15.1. The molecule has 0 spiro atoms. The number of nitrogens with zero attached hydrogens (tertiary/aromatic N) is 1. The highest BCUT2D eigenvalue weighted by molar-refractivity contribution is 4.63. The van der Waals surface area contributed by atoms with E-state index in [1.807, 2.05) is 0 Å². The van der Waals surface area contributed by atoms with Gasteiger partial charge in [0.15, 0.2) is 0 Å². The first-order valence-electron chi connectivity index (χ1n) is 6.02. The Balaban J connectivity index is 3.35. The first-order valence-corrected chi connectivity index (χ1v) is 6.02. The van der Waals surface area contributed by atoms with Crippen LogP contribution >= 0.6 is 0 Å². The first kappa shape index (κ1) is 13.9. The van der Waals surface area contributed by atoms with Crippen molar-refractivity contribution in [2.45, 2.75) is 46.6 Å². The lowest BCUT2D eigenvalue weighted by Gasteiger charge is -2.23. The minimum Gasteiger partial charge on any atom is -0.315 e. The molecular formula is C12H28N2. The molecule has 0 rings (SSSR count). The summed E-state index contributed by atoms with van der Waals surface area (Å²) in [6, 6.07) is 0.709. The Hall–Kier alpha value is -0.0800. The van der Waals surface area contributed by atoms with Crippen LogP contribution in [0.3, 0.4) is 0 Å². The van der Waals surface area contributed by atoms with Crippen molar-refractivity contribution in [3.05, 3.63) is 0 Å². The van der Waals surface area contributed by atoms with Crippen LogP contribution in [0.2, 0.25) is 0 Å². The van der Waals surface area contributed by atoms with E-state index in [-0.39, 0.29) is 0 Å². The van der Waals surface area contributed by atoms with Gasteiger partial charge in [0.25, 0.3) is 0 Å². The second kappa shape index (κ2) is 8.25. The number of likely N-dealkylation sites (N-methyl/N-ethyl adjacent to an activating group) is 1. The van der Waals surface area contributed by atoms with Gasteiger partial charge in [-0.05, 0) is 32.9 Å². The summed E-state index contributed by atoms with van der Waals surface area (Å²) in [7, 11) is 2.21. The van der Waals surface area contributed by atoms with Gasteiger partial charge in [0.05, 0.1) is 0 Å².